The molecule has 0 unspecified atom stereocenters. The van der Waals surface area contributed by atoms with Crippen molar-refractivity contribution in [3.05, 3.63) is 35.4 Å². The summed E-state index contributed by atoms with van der Waals surface area (Å²) in [4.78, 5) is 44.1. The van der Waals surface area contributed by atoms with Crippen LogP contribution in [0.1, 0.15) is 27.6 Å². The molecule has 0 aliphatic rings. The Kier molecular flexibility index (Phi) is 3.30. The summed E-state index contributed by atoms with van der Waals surface area (Å²) in [5, 5.41) is 8.79. The van der Waals surface area contributed by atoms with E-state index in [1.165, 1.54) is 24.3 Å². The van der Waals surface area contributed by atoms with Gasteiger partial charge in [-0.25, -0.2) is 4.79 Å². The summed E-state index contributed by atoms with van der Waals surface area (Å²) in [5.41, 5.74) is -0.558. The van der Waals surface area contributed by atoms with Gasteiger partial charge in [-0.1, -0.05) is 18.2 Å². The molecule has 1 N–H and O–H groups in total. The van der Waals surface area contributed by atoms with Crippen LogP contribution in [0.3, 0.4) is 0 Å². The molecule has 0 saturated carbocycles. The number of aromatic carboxylic acids is 1. The summed E-state index contributed by atoms with van der Waals surface area (Å²) < 4.78 is 0. The lowest BCUT2D eigenvalue weighted by atomic mass is 10.00. The van der Waals surface area contributed by atoms with Gasteiger partial charge >= 0.3 is 5.97 Å². The molecule has 0 atom stereocenters. The molecular weight excluding hydrogens is 212 g/mol. The number of carbonyl (C=O) groups excluding carboxylic acids is 3. The quantitative estimate of drug-likeness (QED) is 0.459. The molecule has 82 valence electrons. The molecule has 0 saturated heterocycles. The van der Waals surface area contributed by atoms with Crippen LogP contribution >= 0.6 is 0 Å². The summed E-state index contributed by atoms with van der Waals surface area (Å²) in [7, 11) is 0. The number of rotatable bonds is 4. The highest BCUT2D eigenvalue weighted by atomic mass is 16.4. The van der Waals surface area contributed by atoms with E-state index in [0.717, 1.165) is 6.92 Å². The van der Waals surface area contributed by atoms with Crippen molar-refractivity contribution in [3.63, 3.8) is 0 Å². The van der Waals surface area contributed by atoms with E-state index < -0.39 is 23.3 Å². The first kappa shape index (κ1) is 11.8. The fraction of sp³-hybridized carbons (Fsp3) is 0.0909. The van der Waals surface area contributed by atoms with E-state index >= 15 is 0 Å². The van der Waals surface area contributed by atoms with Crippen molar-refractivity contribution in [2.24, 2.45) is 0 Å². The monoisotopic (exact) mass is 220 g/mol. The number of hydrogen-bond acceptors (Lipinski definition) is 4. The van der Waals surface area contributed by atoms with E-state index in [-0.39, 0.29) is 11.1 Å². The SMILES string of the molecule is CC(=O)C(=O)C(=O)c1ccccc1C(=O)O. The van der Waals surface area contributed by atoms with Crippen molar-refractivity contribution in [1.82, 2.24) is 0 Å². The number of hydrogen-bond donors (Lipinski definition) is 1. The second-order valence-electron chi connectivity index (χ2n) is 3.07. The zero-order valence-electron chi connectivity index (χ0n) is 8.39. The van der Waals surface area contributed by atoms with Crippen LogP contribution in [0, 0.1) is 0 Å². The normalized spacial score (nSPS) is 9.56. The summed E-state index contributed by atoms with van der Waals surface area (Å²) in [5.74, 6) is -4.54. The van der Waals surface area contributed by atoms with E-state index in [0.29, 0.717) is 0 Å². The number of carboxylic acid groups (broad SMARTS) is 1. The second kappa shape index (κ2) is 4.48. The van der Waals surface area contributed by atoms with Gasteiger partial charge in [0.1, 0.15) is 0 Å². The number of Topliss-reactive ketones (excluding diaryl/α,β-unsaturated/α-hetero) is 3. The van der Waals surface area contributed by atoms with Crippen LogP contribution in [0.25, 0.3) is 0 Å². The maximum Gasteiger partial charge on any atom is 0.336 e. The van der Waals surface area contributed by atoms with Crippen molar-refractivity contribution in [1.29, 1.82) is 0 Å². The third-order valence-corrected chi connectivity index (χ3v) is 1.93. The first-order valence-electron chi connectivity index (χ1n) is 4.37. The molecule has 5 nitrogen and oxygen atoms in total. The van der Waals surface area contributed by atoms with E-state index in [1.54, 1.807) is 0 Å². The fourth-order valence-corrected chi connectivity index (χ4v) is 1.15. The Morgan fingerprint density at radius 2 is 1.50 bits per heavy atom. The van der Waals surface area contributed by atoms with Gasteiger partial charge in [0.05, 0.1) is 5.56 Å². The minimum absolute atomic E-state index is 0.268. The van der Waals surface area contributed by atoms with Gasteiger partial charge in [-0.15, -0.1) is 0 Å². The van der Waals surface area contributed by atoms with Crippen LogP contribution in [0.2, 0.25) is 0 Å². The number of carboxylic acids is 1. The second-order valence-corrected chi connectivity index (χ2v) is 3.07. The summed E-state index contributed by atoms with van der Waals surface area (Å²) in [6.45, 7) is 0.962. The molecule has 1 aromatic rings. The highest BCUT2D eigenvalue weighted by molar-refractivity contribution is 6.67. The Morgan fingerprint density at radius 3 is 1.94 bits per heavy atom. The van der Waals surface area contributed by atoms with Crippen LogP contribution < -0.4 is 0 Å². The van der Waals surface area contributed by atoms with Crippen LogP contribution in [-0.4, -0.2) is 28.4 Å². The first-order valence-corrected chi connectivity index (χ1v) is 4.37. The van der Waals surface area contributed by atoms with Gasteiger partial charge in [-0.05, 0) is 6.07 Å². The van der Waals surface area contributed by atoms with Gasteiger partial charge in [-0.2, -0.15) is 0 Å². The van der Waals surface area contributed by atoms with E-state index in [2.05, 4.69) is 0 Å². The zero-order chi connectivity index (χ0) is 12.3. The topological polar surface area (TPSA) is 88.5 Å². The molecule has 0 amide bonds. The largest absolute Gasteiger partial charge is 0.478 e. The molecular formula is C11H8O5. The predicted molar refractivity (Wildman–Crippen MR) is 53.4 cm³/mol. The first-order chi connectivity index (χ1) is 7.45. The molecule has 0 aromatic heterocycles. The van der Waals surface area contributed by atoms with Gasteiger partial charge in [0.2, 0.25) is 11.6 Å². The van der Waals surface area contributed by atoms with Crippen LogP contribution in [-0.2, 0) is 9.59 Å². The van der Waals surface area contributed by atoms with Gasteiger partial charge in [-0.3, -0.25) is 14.4 Å². The lowest BCUT2D eigenvalue weighted by Gasteiger charge is -2.02. The van der Waals surface area contributed by atoms with Crippen molar-refractivity contribution in [2.75, 3.05) is 0 Å². The van der Waals surface area contributed by atoms with Gasteiger partial charge in [0.15, 0.2) is 0 Å². The Morgan fingerprint density at radius 1 is 1.00 bits per heavy atom. The third kappa shape index (κ3) is 2.20. The van der Waals surface area contributed by atoms with Crippen molar-refractivity contribution in [3.8, 4) is 0 Å². The highest BCUT2D eigenvalue weighted by Crippen LogP contribution is 2.10. The van der Waals surface area contributed by atoms with Crippen molar-refractivity contribution < 1.29 is 24.3 Å². The molecule has 0 fully saturated rings. The maximum absolute atomic E-state index is 11.5. The highest BCUT2D eigenvalue weighted by Gasteiger charge is 2.24. The average molecular weight is 220 g/mol. The molecule has 0 aliphatic carbocycles. The lowest BCUT2D eigenvalue weighted by Crippen LogP contribution is -2.23. The summed E-state index contributed by atoms with van der Waals surface area (Å²) in [6, 6.07) is 5.25. The molecule has 1 rings (SSSR count). The van der Waals surface area contributed by atoms with Crippen molar-refractivity contribution >= 4 is 23.3 Å². The Bertz CT molecular complexity index is 487. The Hall–Kier alpha value is -2.30. The van der Waals surface area contributed by atoms with E-state index in [9.17, 15) is 19.2 Å². The molecule has 5 heteroatoms. The van der Waals surface area contributed by atoms with E-state index in [4.69, 9.17) is 5.11 Å². The van der Waals surface area contributed by atoms with Crippen LogP contribution in [0.4, 0.5) is 0 Å². The molecule has 0 spiro atoms. The molecule has 0 radical (unpaired) electrons. The lowest BCUT2D eigenvalue weighted by molar-refractivity contribution is -0.132. The number of benzene rings is 1. The Balaban J connectivity index is 3.24. The predicted octanol–water partition coefficient (Wildman–Crippen LogP) is 0.726. The number of carbonyl (C=O) groups is 4. The van der Waals surface area contributed by atoms with Gasteiger partial charge < -0.3 is 5.11 Å². The van der Waals surface area contributed by atoms with E-state index in [1.807, 2.05) is 0 Å². The minimum atomic E-state index is -1.32. The molecule has 0 bridgehead atoms. The van der Waals surface area contributed by atoms with Crippen LogP contribution in [0.15, 0.2) is 24.3 Å². The van der Waals surface area contributed by atoms with Crippen LogP contribution in [0.5, 0.6) is 0 Å². The van der Waals surface area contributed by atoms with Gasteiger partial charge in [0.25, 0.3) is 5.78 Å². The third-order valence-electron chi connectivity index (χ3n) is 1.93. The molecule has 1 aromatic carbocycles. The summed E-state index contributed by atoms with van der Waals surface area (Å²) >= 11 is 0. The van der Waals surface area contributed by atoms with Gasteiger partial charge in [0, 0.05) is 12.5 Å². The fourth-order valence-electron chi connectivity index (χ4n) is 1.15. The average Bonchev–Trinajstić information content (AvgIpc) is 2.26. The Labute approximate surface area is 90.7 Å². The molecule has 0 heterocycles. The zero-order valence-corrected chi connectivity index (χ0v) is 8.39. The standard InChI is InChI=1S/C11H8O5/c1-6(12)9(13)10(14)7-4-2-3-5-8(7)11(15)16/h2-5H,1H3,(H,15,16). The maximum atomic E-state index is 11.5. The smallest absolute Gasteiger partial charge is 0.336 e. The summed E-state index contributed by atoms with van der Waals surface area (Å²) in [6.07, 6.45) is 0. The molecule has 16 heavy (non-hydrogen) atoms. The minimum Gasteiger partial charge on any atom is -0.478 e. The molecule has 0 aliphatic heterocycles. The number of ketones is 3. The van der Waals surface area contributed by atoms with Crippen molar-refractivity contribution in [2.45, 2.75) is 6.92 Å².